The van der Waals surface area contributed by atoms with Gasteiger partial charge in [0.1, 0.15) is 10.8 Å². The van der Waals surface area contributed by atoms with Gasteiger partial charge >= 0.3 is 5.97 Å². The number of halogens is 2. The number of H-pyrrole nitrogens is 1. The molecule has 2 N–H and O–H groups in total. The van der Waals surface area contributed by atoms with Crippen LogP contribution in [-0.2, 0) is 11.2 Å². The molecule has 6 heteroatoms. The lowest BCUT2D eigenvalue weighted by Gasteiger charge is -2.11. The van der Waals surface area contributed by atoms with Gasteiger partial charge in [0, 0.05) is 11.3 Å². The van der Waals surface area contributed by atoms with E-state index in [4.69, 9.17) is 33.0 Å². The summed E-state index contributed by atoms with van der Waals surface area (Å²) in [4.78, 5) is 13.8. The molecule has 1 aromatic heterocycles. The third-order valence-electron chi connectivity index (χ3n) is 3.08. The number of carboxylic acids is 1. The topological polar surface area (TPSA) is 62.3 Å². The van der Waals surface area contributed by atoms with Crippen LogP contribution in [0.2, 0.25) is 10.0 Å². The number of nitrogens with one attached hydrogen (secondary N) is 1. The molecule has 0 saturated heterocycles. The minimum absolute atomic E-state index is 0.213. The van der Waals surface area contributed by atoms with E-state index in [1.807, 2.05) is 6.92 Å². The second-order valence-electron chi connectivity index (χ2n) is 4.63. The first-order chi connectivity index (χ1) is 9.93. The molecule has 2 aromatic rings. The number of aryl methyl sites for hydroxylation is 2. The SMILES string of the molecule is CCc1cc(C)[nH]c1-c1ccc(OCC(=O)O)c(Cl)c1Cl. The predicted octanol–water partition coefficient (Wildman–Crippen LogP) is 4.32. The Balaban J connectivity index is 2.42. The van der Waals surface area contributed by atoms with Gasteiger partial charge in [-0.3, -0.25) is 0 Å². The lowest BCUT2D eigenvalue weighted by molar-refractivity contribution is -0.139. The number of hydrogen-bond acceptors (Lipinski definition) is 2. The zero-order valence-corrected chi connectivity index (χ0v) is 13.2. The molecule has 0 saturated carbocycles. The van der Waals surface area contributed by atoms with Crippen LogP contribution in [0, 0.1) is 6.92 Å². The number of rotatable bonds is 5. The van der Waals surface area contributed by atoms with Gasteiger partial charge in [-0.15, -0.1) is 0 Å². The maximum Gasteiger partial charge on any atom is 0.341 e. The second-order valence-corrected chi connectivity index (χ2v) is 5.38. The van der Waals surface area contributed by atoms with Gasteiger partial charge in [-0.05, 0) is 37.1 Å². The Kier molecular flexibility index (Phi) is 4.80. The molecule has 0 aliphatic rings. The van der Waals surface area contributed by atoms with Crippen molar-refractivity contribution in [1.29, 1.82) is 0 Å². The number of carbonyl (C=O) groups is 1. The number of hydrogen-bond donors (Lipinski definition) is 2. The summed E-state index contributed by atoms with van der Waals surface area (Å²) in [6.45, 7) is 3.58. The van der Waals surface area contributed by atoms with Crippen LogP contribution < -0.4 is 4.74 Å². The van der Waals surface area contributed by atoms with Crippen LogP contribution >= 0.6 is 23.2 Å². The maximum absolute atomic E-state index is 10.5. The van der Waals surface area contributed by atoms with Crippen LogP contribution in [0.15, 0.2) is 18.2 Å². The van der Waals surface area contributed by atoms with Crippen molar-refractivity contribution in [1.82, 2.24) is 4.98 Å². The normalized spacial score (nSPS) is 10.7. The number of carboxylic acid groups (broad SMARTS) is 1. The zero-order chi connectivity index (χ0) is 15.6. The van der Waals surface area contributed by atoms with Crippen LogP contribution in [0.5, 0.6) is 5.75 Å². The lowest BCUT2D eigenvalue weighted by Crippen LogP contribution is -2.09. The van der Waals surface area contributed by atoms with E-state index in [9.17, 15) is 4.79 Å². The standard InChI is InChI=1S/C15H15Cl2NO3/c1-3-9-6-8(2)18-15(9)10-4-5-11(14(17)13(10)16)21-7-12(19)20/h4-6,18H,3,7H2,1-2H3,(H,19,20). The molecule has 0 fully saturated rings. The highest BCUT2D eigenvalue weighted by atomic mass is 35.5. The van der Waals surface area contributed by atoms with Crippen LogP contribution in [-0.4, -0.2) is 22.7 Å². The first kappa shape index (κ1) is 15.7. The van der Waals surface area contributed by atoms with E-state index in [1.54, 1.807) is 12.1 Å². The smallest absolute Gasteiger partial charge is 0.341 e. The van der Waals surface area contributed by atoms with Gasteiger partial charge in [-0.2, -0.15) is 0 Å². The highest BCUT2D eigenvalue weighted by Crippen LogP contribution is 2.40. The third kappa shape index (κ3) is 3.34. The van der Waals surface area contributed by atoms with E-state index in [1.165, 1.54) is 0 Å². The Morgan fingerprint density at radius 3 is 2.67 bits per heavy atom. The van der Waals surface area contributed by atoms with Crippen molar-refractivity contribution in [3.63, 3.8) is 0 Å². The summed E-state index contributed by atoms with van der Waals surface area (Å²) in [5, 5.41) is 9.19. The quantitative estimate of drug-likeness (QED) is 0.859. The molecule has 0 radical (unpaired) electrons. The molecule has 4 nitrogen and oxygen atoms in total. The van der Waals surface area contributed by atoms with Gasteiger partial charge < -0.3 is 14.8 Å². The van der Waals surface area contributed by atoms with Crippen LogP contribution in [0.25, 0.3) is 11.3 Å². The van der Waals surface area contributed by atoms with Gasteiger partial charge in [0.15, 0.2) is 6.61 Å². The summed E-state index contributed by atoms with van der Waals surface area (Å²) in [7, 11) is 0. The summed E-state index contributed by atoms with van der Waals surface area (Å²) >= 11 is 12.5. The number of ether oxygens (including phenoxy) is 1. The zero-order valence-electron chi connectivity index (χ0n) is 11.7. The number of benzene rings is 1. The summed E-state index contributed by atoms with van der Waals surface area (Å²) in [5.41, 5.74) is 3.88. The first-order valence-electron chi connectivity index (χ1n) is 6.45. The van der Waals surface area contributed by atoms with E-state index in [-0.39, 0.29) is 10.8 Å². The Hall–Kier alpha value is -1.65. The van der Waals surface area contributed by atoms with Gasteiger partial charge in [-0.1, -0.05) is 30.1 Å². The molecular formula is C15H15Cl2NO3. The predicted molar refractivity (Wildman–Crippen MR) is 83.5 cm³/mol. The molecule has 112 valence electrons. The molecule has 2 rings (SSSR count). The summed E-state index contributed by atoms with van der Waals surface area (Å²) in [6.07, 6.45) is 0.866. The van der Waals surface area contributed by atoms with Gasteiger partial charge in [0.05, 0.1) is 10.7 Å². The highest BCUT2D eigenvalue weighted by Gasteiger charge is 2.16. The van der Waals surface area contributed by atoms with Crippen LogP contribution in [0.4, 0.5) is 0 Å². The minimum Gasteiger partial charge on any atom is -0.480 e. The van der Waals surface area contributed by atoms with Crippen molar-refractivity contribution in [3.05, 3.63) is 39.5 Å². The molecule has 1 heterocycles. The van der Waals surface area contributed by atoms with E-state index in [2.05, 4.69) is 18.0 Å². The van der Waals surface area contributed by atoms with Gasteiger partial charge in [0.25, 0.3) is 0 Å². The molecule has 0 spiro atoms. The van der Waals surface area contributed by atoms with Crippen molar-refractivity contribution >= 4 is 29.2 Å². The number of aromatic amines is 1. The fourth-order valence-electron chi connectivity index (χ4n) is 2.14. The lowest BCUT2D eigenvalue weighted by atomic mass is 10.1. The molecule has 21 heavy (non-hydrogen) atoms. The molecular weight excluding hydrogens is 313 g/mol. The molecule has 0 atom stereocenters. The maximum atomic E-state index is 10.5. The average molecular weight is 328 g/mol. The Morgan fingerprint density at radius 1 is 1.33 bits per heavy atom. The summed E-state index contributed by atoms with van der Waals surface area (Å²) in [5.74, 6) is -0.811. The second kappa shape index (κ2) is 6.41. The largest absolute Gasteiger partial charge is 0.480 e. The van der Waals surface area contributed by atoms with E-state index in [0.29, 0.717) is 5.02 Å². The number of aliphatic carboxylic acids is 1. The Morgan fingerprint density at radius 2 is 2.05 bits per heavy atom. The Labute approximate surface area is 132 Å². The van der Waals surface area contributed by atoms with Crippen molar-refractivity contribution in [2.24, 2.45) is 0 Å². The van der Waals surface area contributed by atoms with Crippen molar-refractivity contribution < 1.29 is 14.6 Å². The first-order valence-corrected chi connectivity index (χ1v) is 7.21. The molecule has 0 unspecified atom stereocenters. The molecule has 1 aromatic carbocycles. The third-order valence-corrected chi connectivity index (χ3v) is 3.95. The average Bonchev–Trinajstić information content (AvgIpc) is 2.81. The van der Waals surface area contributed by atoms with E-state index in [0.717, 1.165) is 28.9 Å². The van der Waals surface area contributed by atoms with Crippen LogP contribution in [0.1, 0.15) is 18.2 Å². The molecule has 0 amide bonds. The van der Waals surface area contributed by atoms with Crippen molar-refractivity contribution in [2.45, 2.75) is 20.3 Å². The van der Waals surface area contributed by atoms with E-state index < -0.39 is 12.6 Å². The molecule has 0 aliphatic carbocycles. The fourth-order valence-corrected chi connectivity index (χ4v) is 2.61. The van der Waals surface area contributed by atoms with E-state index >= 15 is 0 Å². The number of aromatic nitrogens is 1. The van der Waals surface area contributed by atoms with Crippen molar-refractivity contribution in [2.75, 3.05) is 6.61 Å². The molecule has 0 bridgehead atoms. The summed E-state index contributed by atoms with van der Waals surface area (Å²) in [6, 6.07) is 5.46. The molecule has 0 aliphatic heterocycles. The van der Waals surface area contributed by atoms with Crippen LogP contribution in [0.3, 0.4) is 0 Å². The monoisotopic (exact) mass is 327 g/mol. The van der Waals surface area contributed by atoms with Gasteiger partial charge in [-0.25, -0.2) is 4.79 Å². The Bertz CT molecular complexity index is 680. The van der Waals surface area contributed by atoms with Gasteiger partial charge in [0.2, 0.25) is 0 Å². The summed E-state index contributed by atoms with van der Waals surface area (Å²) < 4.78 is 5.11. The fraction of sp³-hybridized carbons (Fsp3) is 0.267. The van der Waals surface area contributed by atoms with Crippen molar-refractivity contribution in [3.8, 4) is 17.0 Å². The minimum atomic E-state index is -1.07. The highest BCUT2D eigenvalue weighted by molar-refractivity contribution is 6.44.